The summed E-state index contributed by atoms with van der Waals surface area (Å²) in [6, 6.07) is 13.2. The lowest BCUT2D eigenvalue weighted by atomic mass is 9.87. The maximum absolute atomic E-state index is 13.7. The van der Waals surface area contributed by atoms with Gasteiger partial charge in [0.15, 0.2) is 11.5 Å². The SMILES string of the molecule is CC(C)NC(=O)CN1C(=O)CS[C@H](c2ccc3c(c2)OCO3)c2c(C(C)(C)C)nn(-c3ccccc3Cl)c21. The van der Waals surface area contributed by atoms with Gasteiger partial charge in [-0.25, -0.2) is 4.68 Å². The van der Waals surface area contributed by atoms with Gasteiger partial charge in [0.05, 0.1) is 27.4 Å². The molecule has 0 saturated carbocycles. The maximum Gasteiger partial charge on any atom is 0.240 e. The van der Waals surface area contributed by atoms with Crippen molar-refractivity contribution in [2.24, 2.45) is 0 Å². The Morgan fingerprint density at radius 2 is 1.92 bits per heavy atom. The van der Waals surface area contributed by atoms with Gasteiger partial charge >= 0.3 is 0 Å². The first kappa shape index (κ1) is 26.4. The first-order valence-corrected chi connectivity index (χ1v) is 14.0. The normalized spacial score (nSPS) is 17.0. The lowest BCUT2D eigenvalue weighted by Crippen LogP contribution is -2.44. The highest BCUT2D eigenvalue weighted by atomic mass is 35.5. The fraction of sp³-hybridized carbons (Fsp3) is 0.393. The van der Waals surface area contributed by atoms with E-state index >= 15 is 0 Å². The monoisotopic (exact) mass is 554 g/mol. The van der Waals surface area contributed by atoms with E-state index in [-0.39, 0.29) is 47.6 Å². The fourth-order valence-electron chi connectivity index (χ4n) is 4.72. The zero-order chi connectivity index (χ0) is 27.2. The van der Waals surface area contributed by atoms with Crippen molar-refractivity contribution in [3.05, 3.63) is 64.3 Å². The zero-order valence-corrected chi connectivity index (χ0v) is 23.7. The maximum atomic E-state index is 13.7. The van der Waals surface area contributed by atoms with Gasteiger partial charge in [-0.05, 0) is 43.7 Å². The molecule has 2 aliphatic rings. The first-order valence-electron chi connectivity index (χ1n) is 12.5. The van der Waals surface area contributed by atoms with Crippen LogP contribution in [0.2, 0.25) is 5.02 Å². The summed E-state index contributed by atoms with van der Waals surface area (Å²) < 4.78 is 12.9. The first-order chi connectivity index (χ1) is 18.0. The van der Waals surface area contributed by atoms with E-state index in [9.17, 15) is 9.59 Å². The minimum Gasteiger partial charge on any atom is -0.454 e. The Kier molecular flexibility index (Phi) is 7.09. The average molecular weight is 555 g/mol. The number of aromatic nitrogens is 2. The molecule has 0 bridgehead atoms. The topological polar surface area (TPSA) is 85.7 Å². The predicted molar refractivity (Wildman–Crippen MR) is 150 cm³/mol. The van der Waals surface area contributed by atoms with Crippen LogP contribution >= 0.6 is 23.4 Å². The Bertz CT molecular complexity index is 1400. The number of hydrogen-bond acceptors (Lipinski definition) is 6. The molecule has 38 heavy (non-hydrogen) atoms. The molecule has 2 aromatic carbocycles. The minimum atomic E-state index is -0.370. The molecule has 5 rings (SSSR count). The quantitative estimate of drug-likeness (QED) is 0.464. The molecule has 10 heteroatoms. The molecule has 200 valence electrons. The average Bonchev–Trinajstić information content (AvgIpc) is 3.44. The number of thioether (sulfide) groups is 1. The third-order valence-electron chi connectivity index (χ3n) is 6.33. The van der Waals surface area contributed by atoms with Gasteiger partial charge in [-0.1, -0.05) is 50.6 Å². The summed E-state index contributed by atoms with van der Waals surface area (Å²) in [6.07, 6.45) is 0. The molecule has 1 N–H and O–H groups in total. The summed E-state index contributed by atoms with van der Waals surface area (Å²) in [7, 11) is 0. The van der Waals surface area contributed by atoms with Crippen LogP contribution in [0.4, 0.5) is 5.82 Å². The molecule has 1 aromatic heterocycles. The number of amides is 2. The number of fused-ring (bicyclic) bond motifs is 2. The number of rotatable bonds is 5. The number of carbonyl (C=O) groups is 2. The molecule has 1 atom stereocenters. The van der Waals surface area contributed by atoms with Crippen molar-refractivity contribution in [1.29, 1.82) is 0 Å². The molecule has 0 fully saturated rings. The van der Waals surface area contributed by atoms with E-state index in [1.807, 2.05) is 50.2 Å². The van der Waals surface area contributed by atoms with Crippen LogP contribution in [0.3, 0.4) is 0 Å². The van der Waals surface area contributed by atoms with E-state index in [2.05, 4.69) is 26.1 Å². The van der Waals surface area contributed by atoms with E-state index in [1.54, 1.807) is 15.6 Å². The molecule has 0 unspecified atom stereocenters. The third-order valence-corrected chi connectivity index (χ3v) is 7.91. The van der Waals surface area contributed by atoms with Gasteiger partial charge in [-0.3, -0.25) is 14.5 Å². The van der Waals surface area contributed by atoms with Crippen molar-refractivity contribution < 1.29 is 19.1 Å². The molecule has 0 radical (unpaired) electrons. The zero-order valence-electron chi connectivity index (χ0n) is 22.1. The predicted octanol–water partition coefficient (Wildman–Crippen LogP) is 5.25. The summed E-state index contributed by atoms with van der Waals surface area (Å²) in [4.78, 5) is 28.2. The van der Waals surface area contributed by atoms with Gasteiger partial charge in [0.2, 0.25) is 18.6 Å². The molecule has 2 amide bonds. The Hall–Kier alpha value is -3.17. The van der Waals surface area contributed by atoms with Gasteiger partial charge in [0.25, 0.3) is 0 Å². The number of nitrogens with zero attached hydrogens (tertiary/aromatic N) is 3. The number of carbonyl (C=O) groups excluding carboxylic acids is 2. The van der Waals surface area contributed by atoms with Crippen LogP contribution in [0.15, 0.2) is 42.5 Å². The highest BCUT2D eigenvalue weighted by Crippen LogP contribution is 2.50. The molecule has 3 heterocycles. The van der Waals surface area contributed by atoms with Crippen LogP contribution in [0.1, 0.15) is 56.7 Å². The number of hydrogen-bond donors (Lipinski definition) is 1. The molecule has 0 spiro atoms. The number of benzene rings is 2. The molecule has 2 aliphatic heterocycles. The molecule has 8 nitrogen and oxygen atoms in total. The van der Waals surface area contributed by atoms with Crippen molar-refractivity contribution >= 4 is 41.0 Å². The Balaban J connectivity index is 1.77. The number of ether oxygens (including phenoxy) is 2. The molecule has 0 aliphatic carbocycles. The van der Waals surface area contributed by atoms with Crippen LogP contribution in [0, 0.1) is 0 Å². The largest absolute Gasteiger partial charge is 0.454 e. The van der Waals surface area contributed by atoms with Crippen LogP contribution in [-0.4, -0.2) is 46.7 Å². The third kappa shape index (κ3) is 4.97. The van der Waals surface area contributed by atoms with Gasteiger partial charge in [-0.15, -0.1) is 11.8 Å². The molecular formula is C28H31ClN4O4S. The van der Waals surface area contributed by atoms with Crippen molar-refractivity contribution in [2.75, 3.05) is 24.0 Å². The van der Waals surface area contributed by atoms with E-state index in [0.29, 0.717) is 28.0 Å². The van der Waals surface area contributed by atoms with Crippen molar-refractivity contribution in [3.8, 4) is 17.2 Å². The van der Waals surface area contributed by atoms with E-state index < -0.39 is 0 Å². The highest BCUT2D eigenvalue weighted by Gasteiger charge is 2.40. The summed E-state index contributed by atoms with van der Waals surface area (Å²) in [5.41, 5.74) is 2.94. The van der Waals surface area contributed by atoms with E-state index in [4.69, 9.17) is 26.2 Å². The van der Waals surface area contributed by atoms with Gasteiger partial charge in [0, 0.05) is 17.0 Å². The number of anilines is 1. The highest BCUT2D eigenvalue weighted by molar-refractivity contribution is 8.00. The standard InChI is InChI=1S/C28H31ClN4O4S/c1-16(2)30-22(34)13-32-23(35)14-38-25(17-10-11-20-21(12-17)37-15-36-20)24-26(28(3,4)5)31-33(27(24)32)19-9-7-6-8-18(19)29/h6-12,16,25H,13-15H2,1-5H3,(H,30,34)/t25-/m1/s1. The van der Waals surface area contributed by atoms with E-state index in [1.165, 1.54) is 11.8 Å². The Morgan fingerprint density at radius 1 is 1.18 bits per heavy atom. The summed E-state index contributed by atoms with van der Waals surface area (Å²) in [5.74, 6) is 1.69. The smallest absolute Gasteiger partial charge is 0.240 e. The van der Waals surface area contributed by atoms with Gasteiger partial charge in [0.1, 0.15) is 12.4 Å². The summed E-state index contributed by atoms with van der Waals surface area (Å²) >= 11 is 8.18. The van der Waals surface area contributed by atoms with Crippen molar-refractivity contribution in [2.45, 2.75) is 51.3 Å². The van der Waals surface area contributed by atoms with Crippen molar-refractivity contribution in [1.82, 2.24) is 15.1 Å². The van der Waals surface area contributed by atoms with Crippen LogP contribution in [0.5, 0.6) is 11.5 Å². The summed E-state index contributed by atoms with van der Waals surface area (Å²) in [5, 5.41) is 8.24. The second-order valence-electron chi connectivity index (χ2n) is 10.7. The van der Waals surface area contributed by atoms with Crippen LogP contribution in [0.25, 0.3) is 5.69 Å². The fourth-order valence-corrected chi connectivity index (χ4v) is 6.12. The second kappa shape index (κ2) is 10.2. The minimum absolute atomic E-state index is 0.0570. The lowest BCUT2D eigenvalue weighted by molar-refractivity contribution is -0.123. The van der Waals surface area contributed by atoms with Crippen molar-refractivity contribution in [3.63, 3.8) is 0 Å². The molecule has 3 aromatic rings. The molecule has 0 saturated heterocycles. The summed E-state index contributed by atoms with van der Waals surface area (Å²) in [6.45, 7) is 10.1. The second-order valence-corrected chi connectivity index (χ2v) is 12.2. The van der Waals surface area contributed by atoms with Crippen LogP contribution in [-0.2, 0) is 15.0 Å². The number of para-hydroxylation sites is 1. The lowest BCUT2D eigenvalue weighted by Gasteiger charge is -2.25. The van der Waals surface area contributed by atoms with Crippen LogP contribution < -0.4 is 19.7 Å². The Labute approximate surface area is 231 Å². The van der Waals surface area contributed by atoms with E-state index in [0.717, 1.165) is 16.8 Å². The van der Waals surface area contributed by atoms with Gasteiger partial charge < -0.3 is 14.8 Å². The Morgan fingerprint density at radius 3 is 2.63 bits per heavy atom. The number of halogens is 1. The number of nitrogens with one attached hydrogen (secondary N) is 1. The molecular weight excluding hydrogens is 524 g/mol. The van der Waals surface area contributed by atoms with Gasteiger partial charge in [-0.2, -0.15) is 5.10 Å².